The summed E-state index contributed by atoms with van der Waals surface area (Å²) in [6.45, 7) is 3.02. The first-order valence-corrected chi connectivity index (χ1v) is 11.0. The zero-order valence-corrected chi connectivity index (χ0v) is 16.8. The molecule has 0 aromatic heterocycles. The summed E-state index contributed by atoms with van der Waals surface area (Å²) in [7, 11) is 0. The zero-order valence-electron chi connectivity index (χ0n) is 16.8. The van der Waals surface area contributed by atoms with Crippen molar-refractivity contribution in [3.05, 3.63) is 60.2 Å². The van der Waals surface area contributed by atoms with Crippen LogP contribution in [0.2, 0.25) is 0 Å². The number of benzene rings is 2. The second kappa shape index (κ2) is 9.69. The molecule has 1 aliphatic heterocycles. The molecule has 3 heteroatoms. The van der Waals surface area contributed by atoms with Gasteiger partial charge in [0.1, 0.15) is 0 Å². The molecule has 150 valence electrons. The van der Waals surface area contributed by atoms with E-state index in [1.165, 1.54) is 36.0 Å². The van der Waals surface area contributed by atoms with Gasteiger partial charge in [0.2, 0.25) is 0 Å². The predicted molar refractivity (Wildman–Crippen MR) is 114 cm³/mol. The second-order valence-corrected chi connectivity index (χ2v) is 8.31. The molecule has 2 aromatic carbocycles. The number of rotatable bonds is 7. The number of nitrogens with zero attached hydrogens (tertiary/aromatic N) is 1. The normalized spacial score (nSPS) is 25.8. The van der Waals surface area contributed by atoms with Gasteiger partial charge in [-0.15, -0.1) is 0 Å². The van der Waals surface area contributed by atoms with Crippen molar-refractivity contribution in [2.75, 3.05) is 19.7 Å². The lowest BCUT2D eigenvalue weighted by Crippen LogP contribution is -2.46. The van der Waals surface area contributed by atoms with Crippen molar-refractivity contribution in [3.63, 3.8) is 0 Å². The van der Waals surface area contributed by atoms with Crippen LogP contribution < -0.4 is 0 Å². The Hall–Kier alpha value is -1.68. The van der Waals surface area contributed by atoms with Gasteiger partial charge in [-0.2, -0.15) is 0 Å². The zero-order chi connectivity index (χ0) is 19.2. The largest absolute Gasteiger partial charge is 0.389 e. The van der Waals surface area contributed by atoms with Crippen LogP contribution in [-0.2, 0) is 11.2 Å². The Morgan fingerprint density at radius 2 is 1.57 bits per heavy atom. The molecule has 1 saturated carbocycles. The van der Waals surface area contributed by atoms with E-state index in [2.05, 4.69) is 53.4 Å². The Balaban J connectivity index is 1.20. The number of likely N-dealkylation sites (tertiary alicyclic amines) is 1. The minimum absolute atomic E-state index is 0.0207. The summed E-state index contributed by atoms with van der Waals surface area (Å²) < 4.78 is 6.07. The maximum atomic E-state index is 10.7. The SMILES string of the molecule is O[C@H]1[C@H](N2CCCCC2)CC[C@H]1OCCCc1ccc(-c2ccccc2)cc1. The summed E-state index contributed by atoms with van der Waals surface area (Å²) in [5, 5.41) is 10.7. The quantitative estimate of drug-likeness (QED) is 0.709. The van der Waals surface area contributed by atoms with Crippen LogP contribution in [0.1, 0.15) is 44.1 Å². The smallest absolute Gasteiger partial charge is 0.0956 e. The molecule has 1 saturated heterocycles. The molecule has 0 radical (unpaired) electrons. The monoisotopic (exact) mass is 379 g/mol. The number of hydrogen-bond donors (Lipinski definition) is 1. The van der Waals surface area contributed by atoms with Crippen LogP contribution in [0.25, 0.3) is 11.1 Å². The van der Waals surface area contributed by atoms with E-state index in [4.69, 9.17) is 4.74 Å². The van der Waals surface area contributed by atoms with Crippen LogP contribution in [0.4, 0.5) is 0 Å². The Labute approximate surface area is 169 Å². The predicted octanol–water partition coefficient (Wildman–Crippen LogP) is 4.68. The third-order valence-electron chi connectivity index (χ3n) is 6.38. The van der Waals surface area contributed by atoms with Crippen molar-refractivity contribution in [2.45, 2.75) is 63.2 Å². The molecule has 0 spiro atoms. The average Bonchev–Trinajstić information content (AvgIpc) is 3.13. The molecule has 2 aromatic rings. The second-order valence-electron chi connectivity index (χ2n) is 8.31. The van der Waals surface area contributed by atoms with E-state index in [0.29, 0.717) is 6.04 Å². The standard InChI is InChI=1S/C25H33NO2/c27-25-23(26-17-5-2-6-18-26)15-16-24(25)28-19-7-8-20-11-13-22(14-12-20)21-9-3-1-4-10-21/h1,3-4,9-14,23-25,27H,2,5-8,15-19H2/t23-,24-,25+/m1/s1. The first-order valence-electron chi connectivity index (χ1n) is 11.0. The fraction of sp³-hybridized carbons (Fsp3) is 0.520. The summed E-state index contributed by atoms with van der Waals surface area (Å²) in [6.07, 6.45) is 7.69. The van der Waals surface area contributed by atoms with E-state index in [-0.39, 0.29) is 12.2 Å². The summed E-state index contributed by atoms with van der Waals surface area (Å²) in [4.78, 5) is 2.49. The van der Waals surface area contributed by atoms with Crippen molar-refractivity contribution in [2.24, 2.45) is 0 Å². The van der Waals surface area contributed by atoms with E-state index in [9.17, 15) is 5.11 Å². The van der Waals surface area contributed by atoms with Gasteiger partial charge < -0.3 is 9.84 Å². The lowest BCUT2D eigenvalue weighted by Gasteiger charge is -2.34. The molecule has 0 amide bonds. The molecule has 3 atom stereocenters. The highest BCUT2D eigenvalue weighted by Gasteiger charge is 2.38. The first-order chi connectivity index (χ1) is 13.8. The minimum atomic E-state index is -0.316. The van der Waals surface area contributed by atoms with Crippen LogP contribution in [0.3, 0.4) is 0 Å². The molecule has 2 fully saturated rings. The van der Waals surface area contributed by atoms with Crippen molar-refractivity contribution >= 4 is 0 Å². The fourth-order valence-electron chi connectivity index (χ4n) is 4.76. The maximum absolute atomic E-state index is 10.7. The van der Waals surface area contributed by atoms with E-state index >= 15 is 0 Å². The molecule has 0 unspecified atom stereocenters. The van der Waals surface area contributed by atoms with Gasteiger partial charge in [0.05, 0.1) is 12.2 Å². The van der Waals surface area contributed by atoms with Gasteiger partial charge >= 0.3 is 0 Å². The van der Waals surface area contributed by atoms with Crippen LogP contribution in [0.15, 0.2) is 54.6 Å². The van der Waals surface area contributed by atoms with Gasteiger partial charge in [-0.3, -0.25) is 4.90 Å². The highest BCUT2D eigenvalue weighted by Crippen LogP contribution is 2.29. The highest BCUT2D eigenvalue weighted by molar-refractivity contribution is 5.63. The summed E-state index contributed by atoms with van der Waals surface area (Å²) in [6, 6.07) is 19.7. The number of hydrogen-bond acceptors (Lipinski definition) is 3. The van der Waals surface area contributed by atoms with Gasteiger partial charge in [0, 0.05) is 12.6 Å². The number of ether oxygens (including phenoxy) is 1. The molecular formula is C25H33NO2. The topological polar surface area (TPSA) is 32.7 Å². The fourth-order valence-corrected chi connectivity index (χ4v) is 4.76. The first kappa shape index (κ1) is 19.6. The van der Waals surface area contributed by atoms with Gasteiger partial charge in [-0.1, -0.05) is 61.0 Å². The van der Waals surface area contributed by atoms with Crippen molar-refractivity contribution < 1.29 is 9.84 Å². The summed E-state index contributed by atoms with van der Waals surface area (Å²) >= 11 is 0. The van der Waals surface area contributed by atoms with E-state index in [0.717, 1.165) is 45.4 Å². The molecular weight excluding hydrogens is 346 g/mol. The number of aliphatic hydroxyl groups is 1. The molecule has 1 heterocycles. The Morgan fingerprint density at radius 3 is 2.32 bits per heavy atom. The van der Waals surface area contributed by atoms with Gasteiger partial charge in [-0.05, 0) is 68.3 Å². The van der Waals surface area contributed by atoms with E-state index in [1.54, 1.807) is 0 Å². The molecule has 1 aliphatic carbocycles. The van der Waals surface area contributed by atoms with Gasteiger partial charge in [0.25, 0.3) is 0 Å². The molecule has 0 bridgehead atoms. The van der Waals surface area contributed by atoms with Crippen LogP contribution in [-0.4, -0.2) is 48.0 Å². The van der Waals surface area contributed by atoms with Crippen LogP contribution in [0, 0.1) is 0 Å². The molecule has 28 heavy (non-hydrogen) atoms. The Morgan fingerprint density at radius 1 is 0.857 bits per heavy atom. The number of aryl methyl sites for hydroxylation is 1. The Kier molecular flexibility index (Phi) is 6.79. The maximum Gasteiger partial charge on any atom is 0.0956 e. The Bertz CT molecular complexity index is 709. The molecule has 1 N–H and O–H groups in total. The average molecular weight is 380 g/mol. The summed E-state index contributed by atoms with van der Waals surface area (Å²) in [5.41, 5.74) is 3.87. The lowest BCUT2D eigenvalue weighted by atomic mass is 10.0. The van der Waals surface area contributed by atoms with Crippen molar-refractivity contribution in [1.82, 2.24) is 4.90 Å². The van der Waals surface area contributed by atoms with E-state index < -0.39 is 0 Å². The minimum Gasteiger partial charge on any atom is -0.389 e. The molecule has 2 aliphatic rings. The van der Waals surface area contributed by atoms with Crippen LogP contribution in [0.5, 0.6) is 0 Å². The summed E-state index contributed by atoms with van der Waals surface area (Å²) in [5.74, 6) is 0. The number of piperidine rings is 1. The van der Waals surface area contributed by atoms with Crippen molar-refractivity contribution in [3.8, 4) is 11.1 Å². The highest BCUT2D eigenvalue weighted by atomic mass is 16.5. The van der Waals surface area contributed by atoms with Crippen LogP contribution >= 0.6 is 0 Å². The lowest BCUT2D eigenvalue weighted by molar-refractivity contribution is -0.0453. The third-order valence-corrected chi connectivity index (χ3v) is 6.38. The number of aliphatic hydroxyl groups excluding tert-OH is 1. The molecule has 3 nitrogen and oxygen atoms in total. The third kappa shape index (κ3) is 4.83. The van der Waals surface area contributed by atoms with Crippen molar-refractivity contribution in [1.29, 1.82) is 0 Å². The van der Waals surface area contributed by atoms with Gasteiger partial charge in [0.15, 0.2) is 0 Å². The molecule has 4 rings (SSSR count). The van der Waals surface area contributed by atoms with Gasteiger partial charge in [-0.25, -0.2) is 0 Å². The van der Waals surface area contributed by atoms with E-state index in [1.807, 2.05) is 6.07 Å².